The Morgan fingerprint density at radius 2 is 2.10 bits per heavy atom. The maximum atomic E-state index is 12.1. The molecule has 0 aliphatic carbocycles. The van der Waals surface area contributed by atoms with Gasteiger partial charge in [0.1, 0.15) is 13.2 Å². The normalized spacial score (nSPS) is 16.4. The smallest absolute Gasteiger partial charge is 0.251 e. The summed E-state index contributed by atoms with van der Waals surface area (Å²) in [7, 11) is 0. The fourth-order valence-electron chi connectivity index (χ4n) is 2.12. The molecule has 1 aliphatic rings. The largest absolute Gasteiger partial charge is 0.486 e. The van der Waals surface area contributed by atoms with Crippen molar-refractivity contribution >= 4 is 17.5 Å². The summed E-state index contributed by atoms with van der Waals surface area (Å²) in [6, 6.07) is 3.04. The Morgan fingerprint density at radius 1 is 1.40 bits per heavy atom. The molecule has 0 saturated carbocycles. The van der Waals surface area contributed by atoms with Crippen molar-refractivity contribution in [2.75, 3.05) is 13.2 Å². The van der Waals surface area contributed by atoms with Gasteiger partial charge < -0.3 is 19.9 Å². The van der Waals surface area contributed by atoms with Crippen LogP contribution in [0.4, 0.5) is 0 Å². The summed E-state index contributed by atoms with van der Waals surface area (Å²) < 4.78 is 10.8. The molecule has 1 amide bonds. The van der Waals surface area contributed by atoms with E-state index < -0.39 is 6.10 Å². The van der Waals surface area contributed by atoms with Gasteiger partial charge in [0.2, 0.25) is 0 Å². The molecule has 1 aromatic carbocycles. The van der Waals surface area contributed by atoms with Gasteiger partial charge >= 0.3 is 0 Å². The maximum absolute atomic E-state index is 12.1. The molecule has 20 heavy (non-hydrogen) atoms. The highest BCUT2D eigenvalue weighted by molar-refractivity contribution is 6.32. The zero-order valence-corrected chi connectivity index (χ0v) is 12.2. The lowest BCUT2D eigenvalue weighted by Gasteiger charge is -2.21. The topological polar surface area (TPSA) is 67.8 Å². The number of benzene rings is 1. The van der Waals surface area contributed by atoms with E-state index in [1.165, 1.54) is 0 Å². The molecule has 0 saturated heterocycles. The first-order valence-corrected chi connectivity index (χ1v) is 6.93. The van der Waals surface area contributed by atoms with Gasteiger partial charge in [-0.25, -0.2) is 0 Å². The Hall–Kier alpha value is -1.46. The van der Waals surface area contributed by atoms with E-state index in [-0.39, 0.29) is 11.9 Å². The number of hydrogen-bond acceptors (Lipinski definition) is 4. The highest BCUT2D eigenvalue weighted by atomic mass is 35.5. The van der Waals surface area contributed by atoms with E-state index in [2.05, 4.69) is 5.32 Å². The number of amides is 1. The zero-order valence-electron chi connectivity index (χ0n) is 11.5. The van der Waals surface area contributed by atoms with E-state index >= 15 is 0 Å². The lowest BCUT2D eigenvalue weighted by atomic mass is 10.1. The lowest BCUT2D eigenvalue weighted by Crippen LogP contribution is -2.34. The predicted octanol–water partition coefficient (Wildman–Crippen LogP) is 2.00. The highest BCUT2D eigenvalue weighted by Gasteiger charge is 2.20. The third-order valence-corrected chi connectivity index (χ3v) is 3.21. The van der Waals surface area contributed by atoms with Crippen LogP contribution in [0.2, 0.25) is 5.02 Å². The minimum absolute atomic E-state index is 0.130. The molecule has 2 atom stereocenters. The van der Waals surface area contributed by atoms with Crippen LogP contribution in [-0.2, 0) is 0 Å². The van der Waals surface area contributed by atoms with E-state index in [1.54, 1.807) is 19.1 Å². The summed E-state index contributed by atoms with van der Waals surface area (Å²) in [5.41, 5.74) is 0.414. The van der Waals surface area contributed by atoms with Crippen LogP contribution in [0.1, 0.15) is 30.6 Å². The minimum atomic E-state index is -0.464. The second-order valence-corrected chi connectivity index (χ2v) is 5.35. The van der Waals surface area contributed by atoms with Crippen LogP contribution in [0.5, 0.6) is 11.5 Å². The van der Waals surface area contributed by atoms with E-state index in [0.717, 1.165) is 0 Å². The molecule has 0 radical (unpaired) electrons. The fourth-order valence-corrected chi connectivity index (χ4v) is 2.38. The average molecular weight is 300 g/mol. The molecule has 0 fully saturated rings. The third-order valence-electron chi connectivity index (χ3n) is 2.93. The van der Waals surface area contributed by atoms with Crippen LogP contribution >= 0.6 is 11.6 Å². The molecule has 0 spiro atoms. The van der Waals surface area contributed by atoms with Crippen LogP contribution in [0, 0.1) is 0 Å². The van der Waals surface area contributed by atoms with Gasteiger partial charge in [0.05, 0.1) is 11.1 Å². The number of halogens is 1. The van der Waals surface area contributed by atoms with E-state index in [4.69, 9.17) is 21.1 Å². The van der Waals surface area contributed by atoms with Crippen LogP contribution < -0.4 is 14.8 Å². The Morgan fingerprint density at radius 3 is 2.80 bits per heavy atom. The summed E-state index contributed by atoms with van der Waals surface area (Å²) in [5.74, 6) is 0.709. The molecule has 2 unspecified atom stereocenters. The maximum Gasteiger partial charge on any atom is 0.251 e. The van der Waals surface area contributed by atoms with Gasteiger partial charge in [-0.2, -0.15) is 0 Å². The van der Waals surface area contributed by atoms with Crippen molar-refractivity contribution in [1.82, 2.24) is 5.32 Å². The van der Waals surface area contributed by atoms with Crippen LogP contribution in [0.25, 0.3) is 0 Å². The number of aliphatic hydroxyl groups excluding tert-OH is 1. The van der Waals surface area contributed by atoms with Gasteiger partial charge in [-0.15, -0.1) is 0 Å². The molecule has 0 bridgehead atoms. The Bertz CT molecular complexity index is 504. The number of rotatable bonds is 4. The molecular weight excluding hydrogens is 282 g/mol. The van der Waals surface area contributed by atoms with Crippen molar-refractivity contribution < 1.29 is 19.4 Å². The number of hydrogen-bond donors (Lipinski definition) is 2. The van der Waals surface area contributed by atoms with E-state index in [9.17, 15) is 9.90 Å². The van der Waals surface area contributed by atoms with Crippen molar-refractivity contribution in [2.45, 2.75) is 32.4 Å². The Labute approximate surface area is 122 Å². The third kappa shape index (κ3) is 3.55. The molecule has 1 aromatic rings. The van der Waals surface area contributed by atoms with Crippen LogP contribution in [0.15, 0.2) is 12.1 Å². The number of fused-ring (bicyclic) bond motifs is 1. The van der Waals surface area contributed by atoms with Gasteiger partial charge in [-0.3, -0.25) is 4.79 Å². The molecule has 1 aliphatic heterocycles. The number of carbonyl (C=O) groups is 1. The summed E-state index contributed by atoms with van der Waals surface area (Å²) >= 11 is 6.09. The molecular formula is C14H18ClNO4. The van der Waals surface area contributed by atoms with Crippen molar-refractivity contribution in [1.29, 1.82) is 0 Å². The van der Waals surface area contributed by atoms with Crippen LogP contribution in [0.3, 0.4) is 0 Å². The molecule has 1 heterocycles. The van der Waals surface area contributed by atoms with Gasteiger partial charge in [0, 0.05) is 11.6 Å². The van der Waals surface area contributed by atoms with E-state index in [0.29, 0.717) is 41.7 Å². The minimum Gasteiger partial charge on any atom is -0.486 e. The van der Waals surface area contributed by atoms with Crippen LogP contribution in [-0.4, -0.2) is 36.4 Å². The zero-order chi connectivity index (χ0) is 14.7. The fraction of sp³-hybridized carbons (Fsp3) is 0.500. The molecule has 2 N–H and O–H groups in total. The Kier molecular flexibility index (Phi) is 4.73. The number of nitrogens with one attached hydrogen (secondary N) is 1. The first-order chi connectivity index (χ1) is 9.47. The van der Waals surface area contributed by atoms with Crippen molar-refractivity contribution in [3.8, 4) is 11.5 Å². The lowest BCUT2D eigenvalue weighted by molar-refractivity contribution is 0.0922. The number of ether oxygens (including phenoxy) is 2. The first kappa shape index (κ1) is 14.9. The van der Waals surface area contributed by atoms with Gasteiger partial charge in [-0.05, 0) is 32.4 Å². The summed E-state index contributed by atoms with van der Waals surface area (Å²) in [4.78, 5) is 12.1. The van der Waals surface area contributed by atoms with Gasteiger partial charge in [0.25, 0.3) is 5.91 Å². The summed E-state index contributed by atoms with van der Waals surface area (Å²) in [5, 5.41) is 12.5. The number of carbonyl (C=O) groups excluding carboxylic acids is 1. The first-order valence-electron chi connectivity index (χ1n) is 6.55. The van der Waals surface area contributed by atoms with Crippen molar-refractivity contribution in [3.63, 3.8) is 0 Å². The van der Waals surface area contributed by atoms with Crippen molar-refractivity contribution in [3.05, 3.63) is 22.7 Å². The van der Waals surface area contributed by atoms with Gasteiger partial charge in [0.15, 0.2) is 11.5 Å². The van der Waals surface area contributed by atoms with E-state index in [1.807, 2.05) is 6.92 Å². The molecule has 6 heteroatoms. The quantitative estimate of drug-likeness (QED) is 0.892. The second kappa shape index (κ2) is 6.33. The molecule has 0 aromatic heterocycles. The highest BCUT2D eigenvalue weighted by Crippen LogP contribution is 2.38. The second-order valence-electron chi connectivity index (χ2n) is 4.94. The monoisotopic (exact) mass is 299 g/mol. The molecule has 2 rings (SSSR count). The SMILES string of the molecule is CC(O)CC(C)NC(=O)c1cc(Cl)c2c(c1)OCCO2. The summed E-state index contributed by atoms with van der Waals surface area (Å²) in [6.45, 7) is 4.41. The molecule has 110 valence electrons. The molecule has 5 nitrogen and oxygen atoms in total. The average Bonchev–Trinajstić information content (AvgIpc) is 2.37. The van der Waals surface area contributed by atoms with Gasteiger partial charge in [-0.1, -0.05) is 11.6 Å². The van der Waals surface area contributed by atoms with Crippen molar-refractivity contribution in [2.24, 2.45) is 0 Å². The number of aliphatic hydroxyl groups is 1. The standard InChI is InChI=1S/C14H18ClNO4/c1-8(5-9(2)17)16-14(18)10-6-11(15)13-12(7-10)19-3-4-20-13/h6-9,17H,3-5H2,1-2H3,(H,16,18). The Balaban J connectivity index is 2.12. The summed E-state index contributed by atoms with van der Waals surface area (Å²) in [6.07, 6.45) is 0.0264. The predicted molar refractivity (Wildman–Crippen MR) is 75.7 cm³/mol.